The van der Waals surface area contributed by atoms with Crippen molar-refractivity contribution in [2.75, 3.05) is 5.73 Å². The zero-order valence-corrected chi connectivity index (χ0v) is 7.44. The Morgan fingerprint density at radius 3 is 2.46 bits per heavy atom. The highest BCUT2D eigenvalue weighted by atomic mass is 15.3. The fourth-order valence-corrected chi connectivity index (χ4v) is 1.19. The fraction of sp³-hybridized carbons (Fsp3) is 0.100. The monoisotopic (exact) mass is 173 g/mol. The molecule has 0 aliphatic rings. The van der Waals surface area contributed by atoms with Gasteiger partial charge in [-0.2, -0.15) is 5.10 Å². The van der Waals surface area contributed by atoms with Crippen LogP contribution in [-0.4, -0.2) is 9.78 Å². The molecule has 0 aliphatic heterocycles. The van der Waals surface area contributed by atoms with Crippen molar-refractivity contribution in [3.63, 3.8) is 0 Å². The lowest BCUT2D eigenvalue weighted by atomic mass is 10.3. The SMILES string of the molecule is Cc1nn(-c2ccccc2)cc1N. The lowest BCUT2D eigenvalue weighted by molar-refractivity contribution is 0.863. The maximum absolute atomic E-state index is 5.69. The molecule has 2 rings (SSSR count). The molecule has 0 amide bonds. The van der Waals surface area contributed by atoms with Gasteiger partial charge in [-0.15, -0.1) is 0 Å². The van der Waals surface area contributed by atoms with Gasteiger partial charge in [0.15, 0.2) is 0 Å². The molecule has 1 heterocycles. The van der Waals surface area contributed by atoms with E-state index in [0.717, 1.165) is 17.1 Å². The molecule has 0 radical (unpaired) electrons. The van der Waals surface area contributed by atoms with E-state index < -0.39 is 0 Å². The van der Waals surface area contributed by atoms with Crippen molar-refractivity contribution in [1.82, 2.24) is 9.78 Å². The molecule has 0 saturated heterocycles. The van der Waals surface area contributed by atoms with Crippen molar-refractivity contribution in [2.24, 2.45) is 0 Å². The molecule has 0 aliphatic carbocycles. The van der Waals surface area contributed by atoms with E-state index in [0.29, 0.717) is 0 Å². The second-order valence-electron chi connectivity index (χ2n) is 2.95. The van der Waals surface area contributed by atoms with Crippen LogP contribution in [0.3, 0.4) is 0 Å². The summed E-state index contributed by atoms with van der Waals surface area (Å²) in [5.41, 5.74) is 8.32. The topological polar surface area (TPSA) is 43.8 Å². The first-order valence-electron chi connectivity index (χ1n) is 4.14. The van der Waals surface area contributed by atoms with E-state index in [2.05, 4.69) is 5.10 Å². The van der Waals surface area contributed by atoms with Crippen molar-refractivity contribution in [2.45, 2.75) is 6.92 Å². The minimum atomic E-state index is 0.726. The molecule has 0 saturated carbocycles. The maximum Gasteiger partial charge on any atom is 0.0827 e. The minimum Gasteiger partial charge on any atom is -0.396 e. The van der Waals surface area contributed by atoms with Crippen molar-refractivity contribution in [1.29, 1.82) is 0 Å². The molecule has 13 heavy (non-hydrogen) atoms. The predicted octanol–water partition coefficient (Wildman–Crippen LogP) is 1.76. The van der Waals surface area contributed by atoms with Crippen molar-refractivity contribution in [3.05, 3.63) is 42.2 Å². The summed E-state index contributed by atoms with van der Waals surface area (Å²) in [5.74, 6) is 0. The van der Waals surface area contributed by atoms with Crippen molar-refractivity contribution >= 4 is 5.69 Å². The summed E-state index contributed by atoms with van der Waals surface area (Å²) in [6.07, 6.45) is 1.82. The van der Waals surface area contributed by atoms with Crippen LogP contribution in [0.4, 0.5) is 5.69 Å². The van der Waals surface area contributed by atoms with Crippen LogP contribution in [0.2, 0.25) is 0 Å². The number of nitrogens with zero attached hydrogens (tertiary/aromatic N) is 2. The summed E-state index contributed by atoms with van der Waals surface area (Å²) >= 11 is 0. The Bertz CT molecular complexity index is 384. The van der Waals surface area contributed by atoms with Gasteiger partial charge in [-0.05, 0) is 19.1 Å². The Morgan fingerprint density at radius 2 is 1.92 bits per heavy atom. The minimum absolute atomic E-state index is 0.726. The smallest absolute Gasteiger partial charge is 0.0827 e. The van der Waals surface area contributed by atoms with Crippen LogP contribution in [0.1, 0.15) is 5.69 Å². The summed E-state index contributed by atoms with van der Waals surface area (Å²) in [7, 11) is 0. The molecular weight excluding hydrogens is 162 g/mol. The molecule has 1 aromatic heterocycles. The van der Waals surface area contributed by atoms with E-state index in [1.165, 1.54) is 0 Å². The molecule has 0 spiro atoms. The highest BCUT2D eigenvalue weighted by molar-refractivity contribution is 5.43. The average molecular weight is 173 g/mol. The van der Waals surface area contributed by atoms with Gasteiger partial charge >= 0.3 is 0 Å². The summed E-state index contributed by atoms with van der Waals surface area (Å²) in [6.45, 7) is 1.90. The van der Waals surface area contributed by atoms with Gasteiger partial charge in [-0.25, -0.2) is 4.68 Å². The fourth-order valence-electron chi connectivity index (χ4n) is 1.19. The van der Waals surface area contributed by atoms with Gasteiger partial charge in [0.05, 0.1) is 23.3 Å². The third-order valence-corrected chi connectivity index (χ3v) is 1.96. The van der Waals surface area contributed by atoms with Gasteiger partial charge < -0.3 is 5.73 Å². The van der Waals surface area contributed by atoms with E-state index in [-0.39, 0.29) is 0 Å². The number of anilines is 1. The number of hydrogen-bond donors (Lipinski definition) is 1. The van der Waals surface area contributed by atoms with Crippen LogP contribution in [0.25, 0.3) is 5.69 Å². The molecule has 2 N–H and O–H groups in total. The summed E-state index contributed by atoms with van der Waals surface area (Å²) < 4.78 is 1.78. The zero-order chi connectivity index (χ0) is 9.26. The third-order valence-electron chi connectivity index (χ3n) is 1.96. The molecule has 0 unspecified atom stereocenters. The molecule has 0 fully saturated rings. The Balaban J connectivity index is 2.48. The summed E-state index contributed by atoms with van der Waals surface area (Å²) in [4.78, 5) is 0. The van der Waals surface area contributed by atoms with Crippen molar-refractivity contribution in [3.8, 4) is 5.69 Å². The Kier molecular flexibility index (Phi) is 1.77. The third kappa shape index (κ3) is 1.40. The normalized spacial score (nSPS) is 10.2. The molecule has 2 aromatic rings. The number of para-hydroxylation sites is 1. The van der Waals surface area contributed by atoms with Crippen LogP contribution >= 0.6 is 0 Å². The number of aryl methyl sites for hydroxylation is 1. The number of benzene rings is 1. The Morgan fingerprint density at radius 1 is 1.23 bits per heavy atom. The largest absolute Gasteiger partial charge is 0.396 e. The highest BCUT2D eigenvalue weighted by Gasteiger charge is 2.01. The molecule has 3 heteroatoms. The first-order chi connectivity index (χ1) is 6.27. The number of nitrogen functional groups attached to an aromatic ring is 1. The second-order valence-corrected chi connectivity index (χ2v) is 2.95. The average Bonchev–Trinajstić information content (AvgIpc) is 2.49. The lowest BCUT2D eigenvalue weighted by Gasteiger charge is -1.98. The van der Waals surface area contributed by atoms with E-state index in [4.69, 9.17) is 5.73 Å². The first-order valence-corrected chi connectivity index (χ1v) is 4.14. The van der Waals surface area contributed by atoms with Crippen LogP contribution in [0.5, 0.6) is 0 Å². The predicted molar refractivity (Wildman–Crippen MR) is 52.7 cm³/mol. The quantitative estimate of drug-likeness (QED) is 0.714. The number of aromatic nitrogens is 2. The van der Waals surface area contributed by atoms with Gasteiger partial charge in [0.2, 0.25) is 0 Å². The van der Waals surface area contributed by atoms with Gasteiger partial charge in [0, 0.05) is 0 Å². The lowest BCUT2D eigenvalue weighted by Crippen LogP contribution is -1.93. The van der Waals surface area contributed by atoms with E-state index >= 15 is 0 Å². The van der Waals surface area contributed by atoms with E-state index in [1.54, 1.807) is 4.68 Å². The van der Waals surface area contributed by atoms with Gasteiger partial charge in [0.1, 0.15) is 0 Å². The Labute approximate surface area is 76.8 Å². The molecule has 1 aromatic carbocycles. The summed E-state index contributed by atoms with van der Waals surface area (Å²) in [6, 6.07) is 9.91. The molecule has 0 atom stereocenters. The molecule has 3 nitrogen and oxygen atoms in total. The van der Waals surface area contributed by atoms with Crippen LogP contribution in [0, 0.1) is 6.92 Å². The summed E-state index contributed by atoms with van der Waals surface area (Å²) in [5, 5.41) is 4.27. The van der Waals surface area contributed by atoms with Crippen LogP contribution in [-0.2, 0) is 0 Å². The van der Waals surface area contributed by atoms with Gasteiger partial charge in [-0.3, -0.25) is 0 Å². The Hall–Kier alpha value is -1.77. The standard InChI is InChI=1S/C10H11N3/c1-8-10(11)7-13(12-8)9-5-3-2-4-6-9/h2-7H,11H2,1H3. The number of rotatable bonds is 1. The first kappa shape index (κ1) is 7.86. The molecule has 66 valence electrons. The molecular formula is C10H11N3. The van der Waals surface area contributed by atoms with E-state index in [1.807, 2.05) is 43.5 Å². The van der Waals surface area contributed by atoms with Crippen LogP contribution < -0.4 is 5.73 Å². The molecule has 0 bridgehead atoms. The van der Waals surface area contributed by atoms with Gasteiger partial charge in [-0.1, -0.05) is 18.2 Å². The number of hydrogen-bond acceptors (Lipinski definition) is 2. The second kappa shape index (κ2) is 2.94. The van der Waals surface area contributed by atoms with Gasteiger partial charge in [0.25, 0.3) is 0 Å². The van der Waals surface area contributed by atoms with Crippen molar-refractivity contribution < 1.29 is 0 Å². The van der Waals surface area contributed by atoms with E-state index in [9.17, 15) is 0 Å². The highest BCUT2D eigenvalue weighted by Crippen LogP contribution is 2.12. The van der Waals surface area contributed by atoms with Crippen LogP contribution in [0.15, 0.2) is 36.5 Å². The maximum atomic E-state index is 5.69. The zero-order valence-electron chi connectivity index (χ0n) is 7.44. The number of nitrogens with two attached hydrogens (primary N) is 1.